The average molecular weight is 182 g/mol. The monoisotopic (exact) mass is 182 g/mol. The summed E-state index contributed by atoms with van der Waals surface area (Å²) in [7, 11) is 0. The molecule has 4 unspecified atom stereocenters. The van der Waals surface area contributed by atoms with Crippen molar-refractivity contribution in [3.05, 3.63) is 0 Å². The Morgan fingerprint density at radius 3 is 2.00 bits per heavy atom. The SMILES string of the molecule is CCCCC(C)C(C)C1C(C)C1C. The minimum Gasteiger partial charge on any atom is -0.0654 e. The molecule has 1 aliphatic rings. The minimum absolute atomic E-state index is 0.942. The van der Waals surface area contributed by atoms with Gasteiger partial charge < -0.3 is 0 Å². The highest BCUT2D eigenvalue weighted by Crippen LogP contribution is 2.52. The van der Waals surface area contributed by atoms with Crippen molar-refractivity contribution in [1.29, 1.82) is 0 Å². The van der Waals surface area contributed by atoms with E-state index in [0.717, 1.165) is 29.6 Å². The van der Waals surface area contributed by atoms with Crippen LogP contribution in [0.1, 0.15) is 53.9 Å². The highest BCUT2D eigenvalue weighted by Gasteiger charge is 2.46. The van der Waals surface area contributed by atoms with Crippen LogP contribution in [0.4, 0.5) is 0 Å². The number of hydrogen-bond donors (Lipinski definition) is 0. The third-order valence-corrected chi connectivity index (χ3v) is 4.42. The molecule has 1 fully saturated rings. The van der Waals surface area contributed by atoms with Gasteiger partial charge in [0.1, 0.15) is 0 Å². The molecule has 0 saturated heterocycles. The predicted molar refractivity (Wildman–Crippen MR) is 59.7 cm³/mol. The van der Waals surface area contributed by atoms with Gasteiger partial charge in [-0.25, -0.2) is 0 Å². The van der Waals surface area contributed by atoms with Crippen molar-refractivity contribution in [3.8, 4) is 0 Å². The molecule has 0 radical (unpaired) electrons. The van der Waals surface area contributed by atoms with Crippen molar-refractivity contribution in [1.82, 2.24) is 0 Å². The standard InChI is InChI=1S/C13H26/c1-6-7-8-9(2)10(3)13-11(4)12(13)5/h9-13H,6-8H2,1-5H3. The topological polar surface area (TPSA) is 0 Å². The van der Waals surface area contributed by atoms with Gasteiger partial charge in [-0.2, -0.15) is 0 Å². The quantitative estimate of drug-likeness (QED) is 0.593. The molecule has 0 bridgehead atoms. The zero-order valence-corrected chi connectivity index (χ0v) is 10.0. The Morgan fingerprint density at radius 1 is 1.08 bits per heavy atom. The average Bonchev–Trinajstić information content (AvgIpc) is 2.69. The Balaban J connectivity index is 2.27. The van der Waals surface area contributed by atoms with Crippen LogP contribution < -0.4 is 0 Å². The van der Waals surface area contributed by atoms with E-state index in [-0.39, 0.29) is 0 Å². The first kappa shape index (κ1) is 11.1. The first-order valence-corrected chi connectivity index (χ1v) is 6.09. The van der Waals surface area contributed by atoms with E-state index >= 15 is 0 Å². The first-order chi connectivity index (χ1) is 6.09. The van der Waals surface area contributed by atoms with Crippen LogP contribution in [-0.2, 0) is 0 Å². The van der Waals surface area contributed by atoms with Crippen molar-refractivity contribution < 1.29 is 0 Å². The molecular weight excluding hydrogens is 156 g/mol. The fourth-order valence-corrected chi connectivity index (χ4v) is 2.83. The molecule has 0 heterocycles. The summed E-state index contributed by atoms with van der Waals surface area (Å²) in [5.74, 6) is 4.93. The van der Waals surface area contributed by atoms with Crippen LogP contribution in [0.2, 0.25) is 0 Å². The van der Waals surface area contributed by atoms with Crippen molar-refractivity contribution in [2.75, 3.05) is 0 Å². The molecule has 0 aromatic rings. The molecule has 0 amide bonds. The minimum atomic E-state index is 0.942. The van der Waals surface area contributed by atoms with E-state index in [2.05, 4.69) is 34.6 Å². The molecule has 4 atom stereocenters. The molecule has 13 heavy (non-hydrogen) atoms. The zero-order chi connectivity index (χ0) is 10.0. The van der Waals surface area contributed by atoms with Gasteiger partial charge in [-0.05, 0) is 29.6 Å². The molecule has 1 rings (SSSR count). The van der Waals surface area contributed by atoms with Gasteiger partial charge in [0.05, 0.1) is 0 Å². The number of hydrogen-bond acceptors (Lipinski definition) is 0. The lowest BCUT2D eigenvalue weighted by molar-refractivity contribution is 0.303. The Bertz CT molecular complexity index is 142. The second-order valence-electron chi connectivity index (χ2n) is 5.27. The summed E-state index contributed by atoms with van der Waals surface area (Å²) in [5.41, 5.74) is 0. The van der Waals surface area contributed by atoms with E-state index in [1.165, 1.54) is 19.3 Å². The van der Waals surface area contributed by atoms with Crippen LogP contribution in [0.5, 0.6) is 0 Å². The van der Waals surface area contributed by atoms with Gasteiger partial charge in [0, 0.05) is 0 Å². The fraction of sp³-hybridized carbons (Fsp3) is 1.00. The van der Waals surface area contributed by atoms with Crippen LogP contribution in [0.15, 0.2) is 0 Å². The van der Waals surface area contributed by atoms with Gasteiger partial charge >= 0.3 is 0 Å². The predicted octanol–water partition coefficient (Wildman–Crippen LogP) is 4.35. The summed E-state index contributed by atoms with van der Waals surface area (Å²) in [6, 6.07) is 0. The van der Waals surface area contributed by atoms with E-state index in [0.29, 0.717) is 0 Å². The highest BCUT2D eigenvalue weighted by molar-refractivity contribution is 4.94. The summed E-state index contributed by atoms with van der Waals surface area (Å²) in [6.07, 6.45) is 4.21. The Labute approximate surface area is 84.1 Å². The third kappa shape index (κ3) is 2.48. The van der Waals surface area contributed by atoms with Gasteiger partial charge in [-0.3, -0.25) is 0 Å². The second-order valence-corrected chi connectivity index (χ2v) is 5.27. The van der Waals surface area contributed by atoms with Gasteiger partial charge in [0.15, 0.2) is 0 Å². The molecule has 78 valence electrons. The van der Waals surface area contributed by atoms with E-state index < -0.39 is 0 Å². The van der Waals surface area contributed by atoms with Gasteiger partial charge in [-0.1, -0.05) is 53.9 Å². The summed E-state index contributed by atoms with van der Waals surface area (Å²) < 4.78 is 0. The summed E-state index contributed by atoms with van der Waals surface area (Å²) >= 11 is 0. The van der Waals surface area contributed by atoms with E-state index in [1.54, 1.807) is 0 Å². The molecule has 0 heteroatoms. The lowest BCUT2D eigenvalue weighted by Gasteiger charge is -2.19. The maximum atomic E-state index is 2.46. The lowest BCUT2D eigenvalue weighted by atomic mass is 9.86. The van der Waals surface area contributed by atoms with Crippen molar-refractivity contribution >= 4 is 0 Å². The van der Waals surface area contributed by atoms with Crippen molar-refractivity contribution in [2.45, 2.75) is 53.9 Å². The number of unbranched alkanes of at least 4 members (excludes halogenated alkanes) is 1. The molecule has 0 aromatic carbocycles. The second kappa shape index (κ2) is 4.48. The summed E-state index contributed by atoms with van der Waals surface area (Å²) in [6.45, 7) is 12.0. The molecule has 0 spiro atoms. The van der Waals surface area contributed by atoms with Crippen molar-refractivity contribution in [2.24, 2.45) is 29.6 Å². The molecule has 0 aromatic heterocycles. The zero-order valence-electron chi connectivity index (χ0n) is 10.0. The normalized spacial score (nSPS) is 37.2. The van der Waals surface area contributed by atoms with Gasteiger partial charge in [0.25, 0.3) is 0 Å². The molecule has 0 N–H and O–H groups in total. The maximum Gasteiger partial charge on any atom is -0.0329 e. The smallest absolute Gasteiger partial charge is 0.0329 e. The summed E-state index contributed by atoms with van der Waals surface area (Å²) in [5, 5.41) is 0. The molecule has 0 aliphatic heterocycles. The first-order valence-electron chi connectivity index (χ1n) is 6.09. The van der Waals surface area contributed by atoms with Gasteiger partial charge in [0.2, 0.25) is 0 Å². The molecular formula is C13H26. The van der Waals surface area contributed by atoms with Crippen LogP contribution in [-0.4, -0.2) is 0 Å². The van der Waals surface area contributed by atoms with E-state index in [1.807, 2.05) is 0 Å². The van der Waals surface area contributed by atoms with Crippen LogP contribution in [0.3, 0.4) is 0 Å². The Kier molecular flexibility index (Phi) is 3.82. The third-order valence-electron chi connectivity index (χ3n) is 4.42. The summed E-state index contributed by atoms with van der Waals surface area (Å²) in [4.78, 5) is 0. The maximum absolute atomic E-state index is 2.46. The van der Waals surface area contributed by atoms with Crippen LogP contribution in [0.25, 0.3) is 0 Å². The van der Waals surface area contributed by atoms with Crippen LogP contribution >= 0.6 is 0 Å². The fourth-order valence-electron chi connectivity index (χ4n) is 2.83. The molecule has 0 nitrogen and oxygen atoms in total. The molecule has 1 saturated carbocycles. The number of rotatable bonds is 5. The van der Waals surface area contributed by atoms with E-state index in [4.69, 9.17) is 0 Å². The largest absolute Gasteiger partial charge is 0.0654 e. The van der Waals surface area contributed by atoms with Gasteiger partial charge in [-0.15, -0.1) is 0 Å². The van der Waals surface area contributed by atoms with Crippen molar-refractivity contribution in [3.63, 3.8) is 0 Å². The van der Waals surface area contributed by atoms with E-state index in [9.17, 15) is 0 Å². The Morgan fingerprint density at radius 2 is 1.62 bits per heavy atom. The molecule has 1 aliphatic carbocycles. The Hall–Kier alpha value is 0. The highest BCUT2D eigenvalue weighted by atomic mass is 14.5. The van der Waals surface area contributed by atoms with Crippen LogP contribution in [0, 0.1) is 29.6 Å². The lowest BCUT2D eigenvalue weighted by Crippen LogP contribution is -2.11.